The van der Waals surface area contributed by atoms with Crippen molar-refractivity contribution in [2.45, 2.75) is 0 Å². The Bertz CT molecular complexity index is 693. The number of carbonyl (C=O) groups excluding carboxylic acids is 2. The highest BCUT2D eigenvalue weighted by molar-refractivity contribution is 6.05. The molecule has 0 aliphatic heterocycles. The van der Waals surface area contributed by atoms with Gasteiger partial charge in [-0.2, -0.15) is 5.10 Å². The third-order valence-electron chi connectivity index (χ3n) is 2.59. The Morgan fingerprint density at radius 3 is 2.90 bits per heavy atom. The van der Waals surface area contributed by atoms with Gasteiger partial charge in [-0.15, -0.1) is 0 Å². The zero-order valence-electron chi connectivity index (χ0n) is 10.4. The lowest BCUT2D eigenvalue weighted by Crippen LogP contribution is -2.30. The number of ether oxygens (including phenoxy) is 1. The molecule has 9 heteroatoms. The number of H-pyrrole nitrogens is 1. The summed E-state index contributed by atoms with van der Waals surface area (Å²) in [7, 11) is 1.20. The number of esters is 1. The monoisotopic (exact) mass is 278 g/mol. The normalized spacial score (nSPS) is 10.2. The fourth-order valence-electron chi connectivity index (χ4n) is 1.60. The van der Waals surface area contributed by atoms with E-state index in [-0.39, 0.29) is 17.9 Å². The average molecular weight is 278 g/mol. The fraction of sp³-hybridized carbons (Fsp3) is 0.182. The van der Waals surface area contributed by atoms with Crippen molar-refractivity contribution >= 4 is 28.5 Å². The van der Waals surface area contributed by atoms with E-state index in [9.17, 15) is 19.7 Å². The summed E-state index contributed by atoms with van der Waals surface area (Å²) in [6, 6.07) is 4.00. The van der Waals surface area contributed by atoms with Crippen molar-refractivity contribution < 1.29 is 19.2 Å². The van der Waals surface area contributed by atoms with E-state index < -0.39 is 16.8 Å². The summed E-state index contributed by atoms with van der Waals surface area (Å²) >= 11 is 0. The first-order valence-corrected chi connectivity index (χ1v) is 5.50. The third-order valence-corrected chi connectivity index (χ3v) is 2.59. The number of aromatic nitrogens is 2. The van der Waals surface area contributed by atoms with E-state index in [1.807, 2.05) is 0 Å². The lowest BCUT2D eigenvalue weighted by atomic mass is 10.2. The molecule has 0 fully saturated rings. The number of fused-ring (bicyclic) bond motifs is 1. The molecular weight excluding hydrogens is 268 g/mol. The zero-order valence-corrected chi connectivity index (χ0v) is 10.4. The van der Waals surface area contributed by atoms with Gasteiger partial charge in [0.25, 0.3) is 11.6 Å². The van der Waals surface area contributed by atoms with Crippen LogP contribution in [0.1, 0.15) is 10.5 Å². The number of amides is 1. The van der Waals surface area contributed by atoms with Crippen molar-refractivity contribution in [2.75, 3.05) is 13.7 Å². The molecule has 0 bridgehead atoms. The molecule has 1 aromatic carbocycles. The predicted molar refractivity (Wildman–Crippen MR) is 67.1 cm³/mol. The Balaban J connectivity index is 2.29. The summed E-state index contributed by atoms with van der Waals surface area (Å²) in [6.45, 7) is -0.307. The third kappa shape index (κ3) is 2.55. The van der Waals surface area contributed by atoms with Crippen LogP contribution in [0.2, 0.25) is 0 Å². The second-order valence-corrected chi connectivity index (χ2v) is 3.82. The number of nitro benzene ring substituents is 1. The maximum atomic E-state index is 11.9. The molecule has 0 spiro atoms. The van der Waals surface area contributed by atoms with Crippen molar-refractivity contribution in [3.05, 3.63) is 34.0 Å². The van der Waals surface area contributed by atoms with Crippen LogP contribution < -0.4 is 5.32 Å². The fourth-order valence-corrected chi connectivity index (χ4v) is 1.60. The summed E-state index contributed by atoms with van der Waals surface area (Å²) < 4.78 is 4.38. The number of hydrogen-bond acceptors (Lipinski definition) is 6. The first-order valence-electron chi connectivity index (χ1n) is 5.50. The summed E-state index contributed by atoms with van der Waals surface area (Å²) in [6.07, 6.45) is 0. The zero-order chi connectivity index (χ0) is 14.7. The summed E-state index contributed by atoms with van der Waals surface area (Å²) in [5.41, 5.74) is 0.312. The number of nitro groups is 1. The van der Waals surface area contributed by atoms with Crippen LogP contribution in [0.25, 0.3) is 10.9 Å². The van der Waals surface area contributed by atoms with Crippen LogP contribution in [-0.2, 0) is 9.53 Å². The van der Waals surface area contributed by atoms with E-state index in [0.29, 0.717) is 10.9 Å². The van der Waals surface area contributed by atoms with Gasteiger partial charge in [-0.1, -0.05) is 0 Å². The quantitative estimate of drug-likeness (QED) is 0.472. The van der Waals surface area contributed by atoms with Gasteiger partial charge in [0, 0.05) is 17.5 Å². The number of hydrogen-bond donors (Lipinski definition) is 2. The number of aromatic amines is 1. The molecule has 2 aromatic rings. The number of nitrogens with one attached hydrogen (secondary N) is 2. The van der Waals surface area contributed by atoms with Crippen LogP contribution in [0, 0.1) is 10.1 Å². The van der Waals surface area contributed by atoms with Crippen molar-refractivity contribution in [1.82, 2.24) is 15.5 Å². The van der Waals surface area contributed by atoms with Gasteiger partial charge in [0.1, 0.15) is 6.54 Å². The summed E-state index contributed by atoms with van der Waals surface area (Å²) in [4.78, 5) is 32.9. The Hall–Kier alpha value is -2.97. The minimum absolute atomic E-state index is 0.0207. The standard InChI is InChI=1S/C11H10N4O5/c1-20-9(16)5-12-11(17)10-7-4-6(15(18)19)2-3-8(7)13-14-10/h2-4H,5H2,1H3,(H,12,17)(H,13,14). The average Bonchev–Trinajstić information content (AvgIpc) is 2.87. The maximum Gasteiger partial charge on any atom is 0.325 e. The van der Waals surface area contributed by atoms with Crippen molar-refractivity contribution in [2.24, 2.45) is 0 Å². The Labute approximate surface area is 112 Å². The lowest BCUT2D eigenvalue weighted by Gasteiger charge is -2.01. The second kappa shape index (κ2) is 5.34. The van der Waals surface area contributed by atoms with Crippen LogP contribution in [0.4, 0.5) is 5.69 Å². The van der Waals surface area contributed by atoms with E-state index in [1.165, 1.54) is 25.3 Å². The number of non-ortho nitro benzene ring substituents is 1. The van der Waals surface area contributed by atoms with Gasteiger partial charge in [-0.3, -0.25) is 24.8 Å². The van der Waals surface area contributed by atoms with Gasteiger partial charge in [0.2, 0.25) is 0 Å². The summed E-state index contributed by atoms with van der Waals surface area (Å²) in [5, 5.41) is 19.7. The smallest absolute Gasteiger partial charge is 0.325 e. The molecule has 104 valence electrons. The van der Waals surface area contributed by atoms with E-state index >= 15 is 0 Å². The molecule has 0 aliphatic rings. The van der Waals surface area contributed by atoms with Crippen LogP contribution in [-0.4, -0.2) is 40.7 Å². The van der Waals surface area contributed by atoms with Crippen LogP contribution in [0.15, 0.2) is 18.2 Å². The molecule has 0 saturated carbocycles. The maximum absolute atomic E-state index is 11.9. The number of carbonyl (C=O) groups is 2. The number of methoxy groups -OCH3 is 1. The molecule has 0 aliphatic carbocycles. The van der Waals surface area contributed by atoms with Crippen LogP contribution in [0.5, 0.6) is 0 Å². The van der Waals surface area contributed by atoms with Gasteiger partial charge in [-0.25, -0.2) is 0 Å². The minimum atomic E-state index is -0.623. The lowest BCUT2D eigenvalue weighted by molar-refractivity contribution is -0.384. The first-order chi connectivity index (χ1) is 9.52. The van der Waals surface area contributed by atoms with E-state index in [0.717, 1.165) is 0 Å². The number of rotatable bonds is 4. The molecule has 2 rings (SSSR count). The Kier molecular flexibility index (Phi) is 3.60. The topological polar surface area (TPSA) is 127 Å². The van der Waals surface area contributed by atoms with E-state index in [1.54, 1.807) is 0 Å². The number of nitrogens with zero attached hydrogens (tertiary/aromatic N) is 2. The van der Waals surface area contributed by atoms with Gasteiger partial charge < -0.3 is 10.1 Å². The minimum Gasteiger partial charge on any atom is -0.468 e. The highest BCUT2D eigenvalue weighted by atomic mass is 16.6. The van der Waals surface area contributed by atoms with Gasteiger partial charge >= 0.3 is 5.97 Å². The van der Waals surface area contributed by atoms with Crippen LogP contribution >= 0.6 is 0 Å². The Morgan fingerprint density at radius 1 is 1.50 bits per heavy atom. The molecule has 20 heavy (non-hydrogen) atoms. The molecular formula is C11H10N4O5. The first kappa shape index (κ1) is 13.5. The molecule has 2 N–H and O–H groups in total. The van der Waals surface area contributed by atoms with Gasteiger partial charge in [0.15, 0.2) is 5.69 Å². The molecule has 1 aromatic heterocycles. The highest BCUT2D eigenvalue weighted by Crippen LogP contribution is 2.21. The molecule has 0 unspecified atom stereocenters. The molecule has 0 saturated heterocycles. The number of benzene rings is 1. The van der Waals surface area contributed by atoms with E-state index in [4.69, 9.17) is 0 Å². The largest absolute Gasteiger partial charge is 0.468 e. The van der Waals surface area contributed by atoms with Crippen molar-refractivity contribution in [1.29, 1.82) is 0 Å². The molecule has 0 atom stereocenters. The van der Waals surface area contributed by atoms with Crippen molar-refractivity contribution in [3.8, 4) is 0 Å². The molecule has 0 radical (unpaired) electrons. The van der Waals surface area contributed by atoms with Gasteiger partial charge in [0.05, 0.1) is 17.5 Å². The summed E-state index contributed by atoms with van der Waals surface area (Å²) in [5.74, 6) is -1.23. The van der Waals surface area contributed by atoms with Crippen LogP contribution in [0.3, 0.4) is 0 Å². The second-order valence-electron chi connectivity index (χ2n) is 3.82. The SMILES string of the molecule is COC(=O)CNC(=O)c1n[nH]c2ccc([N+](=O)[O-])cc12. The molecule has 1 heterocycles. The Morgan fingerprint density at radius 2 is 2.25 bits per heavy atom. The molecule has 9 nitrogen and oxygen atoms in total. The van der Waals surface area contributed by atoms with Gasteiger partial charge in [-0.05, 0) is 6.07 Å². The van der Waals surface area contributed by atoms with Crippen molar-refractivity contribution in [3.63, 3.8) is 0 Å². The molecule has 1 amide bonds. The highest BCUT2D eigenvalue weighted by Gasteiger charge is 2.17. The van der Waals surface area contributed by atoms with E-state index in [2.05, 4.69) is 20.3 Å². The predicted octanol–water partition coefficient (Wildman–Crippen LogP) is 0.374.